The number of methoxy groups -OCH3 is 1. The minimum absolute atomic E-state index is 0.264. The van der Waals surface area contributed by atoms with E-state index in [1.165, 1.54) is 4.90 Å². The van der Waals surface area contributed by atoms with Crippen LogP contribution in [0.2, 0.25) is 0 Å². The first-order valence-corrected chi connectivity index (χ1v) is 9.77. The Morgan fingerprint density at radius 3 is 2.03 bits per heavy atom. The van der Waals surface area contributed by atoms with Gasteiger partial charge in [0.1, 0.15) is 11.4 Å². The molecule has 29 heavy (non-hydrogen) atoms. The smallest absolute Gasteiger partial charge is 0.282 e. The first kappa shape index (κ1) is 19.2. The number of nitrogens with zero attached hydrogens (tertiary/aromatic N) is 3. The van der Waals surface area contributed by atoms with Gasteiger partial charge in [-0.25, -0.2) is 4.90 Å². The predicted octanol–water partition coefficient (Wildman–Crippen LogP) is 2.54. The van der Waals surface area contributed by atoms with Crippen molar-refractivity contribution in [3.05, 3.63) is 65.4 Å². The molecule has 2 amide bonds. The normalized spacial score (nSPS) is 18.0. The third kappa shape index (κ3) is 3.51. The number of hydrogen-bond donors (Lipinski definition) is 0. The van der Waals surface area contributed by atoms with Crippen molar-refractivity contribution in [2.75, 3.05) is 45.2 Å². The van der Waals surface area contributed by atoms with Crippen LogP contribution in [-0.4, -0.2) is 62.0 Å². The van der Waals surface area contributed by atoms with E-state index in [9.17, 15) is 9.59 Å². The zero-order valence-electron chi connectivity index (χ0n) is 17.0. The second kappa shape index (κ2) is 7.72. The number of anilines is 1. The Bertz CT molecular complexity index is 956. The fraction of sp³-hybridized carbons (Fsp3) is 0.304. The lowest BCUT2D eigenvalue weighted by molar-refractivity contribution is -0.120. The molecule has 6 nitrogen and oxygen atoms in total. The summed E-state index contributed by atoms with van der Waals surface area (Å²) in [6, 6.07) is 14.8. The summed E-state index contributed by atoms with van der Waals surface area (Å²) < 4.78 is 5.20. The lowest BCUT2D eigenvalue weighted by atomic mass is 10.0. The molecule has 2 heterocycles. The number of ether oxygens (including phenoxy) is 1. The van der Waals surface area contributed by atoms with E-state index in [4.69, 9.17) is 4.74 Å². The van der Waals surface area contributed by atoms with Crippen LogP contribution in [0.4, 0.5) is 5.69 Å². The molecule has 4 rings (SSSR count). The molecule has 150 valence electrons. The van der Waals surface area contributed by atoms with Gasteiger partial charge in [0.2, 0.25) is 0 Å². The second-order valence-electron chi connectivity index (χ2n) is 7.52. The summed E-state index contributed by atoms with van der Waals surface area (Å²) in [5, 5.41) is 0. The molecule has 0 spiro atoms. The third-order valence-corrected chi connectivity index (χ3v) is 5.55. The van der Waals surface area contributed by atoms with Crippen molar-refractivity contribution in [2.24, 2.45) is 0 Å². The number of amides is 2. The van der Waals surface area contributed by atoms with E-state index >= 15 is 0 Å². The van der Waals surface area contributed by atoms with Crippen molar-refractivity contribution in [2.45, 2.75) is 6.92 Å². The molecule has 0 atom stereocenters. The highest BCUT2D eigenvalue weighted by Crippen LogP contribution is 2.35. The molecule has 2 aromatic rings. The zero-order valence-corrected chi connectivity index (χ0v) is 17.0. The maximum atomic E-state index is 13.5. The Kier molecular flexibility index (Phi) is 5.11. The highest BCUT2D eigenvalue weighted by molar-refractivity contribution is 6.45. The Labute approximate surface area is 171 Å². The summed E-state index contributed by atoms with van der Waals surface area (Å²) in [6.45, 7) is 5.15. The van der Waals surface area contributed by atoms with Gasteiger partial charge in [0, 0.05) is 26.2 Å². The average Bonchev–Trinajstić information content (AvgIpc) is 2.99. The Hall–Kier alpha value is -3.12. The number of piperazine rings is 1. The lowest BCUT2D eigenvalue weighted by Gasteiger charge is -2.34. The molecule has 0 aromatic heterocycles. The molecule has 6 heteroatoms. The van der Waals surface area contributed by atoms with Crippen molar-refractivity contribution in [3.8, 4) is 5.75 Å². The standard InChI is InChI=1S/C23H25N3O3/c1-16-4-6-17(7-5-16)20-21(25-14-12-24(2)13-15-25)23(28)26(22(20)27)18-8-10-19(29-3)11-9-18/h4-11H,12-15H2,1-3H3. The summed E-state index contributed by atoms with van der Waals surface area (Å²) in [5.41, 5.74) is 3.42. The quantitative estimate of drug-likeness (QED) is 0.750. The third-order valence-electron chi connectivity index (χ3n) is 5.55. The maximum Gasteiger partial charge on any atom is 0.282 e. The molecule has 1 fully saturated rings. The molecule has 1 saturated heterocycles. The van der Waals surface area contributed by atoms with E-state index in [0.29, 0.717) is 22.7 Å². The number of carbonyl (C=O) groups is 2. The van der Waals surface area contributed by atoms with Crippen LogP contribution >= 0.6 is 0 Å². The second-order valence-corrected chi connectivity index (χ2v) is 7.52. The molecular formula is C23H25N3O3. The summed E-state index contributed by atoms with van der Waals surface area (Å²) >= 11 is 0. The molecule has 2 aliphatic heterocycles. The zero-order chi connectivity index (χ0) is 20.5. The number of benzene rings is 2. The van der Waals surface area contributed by atoms with Crippen LogP contribution in [0, 0.1) is 6.92 Å². The van der Waals surface area contributed by atoms with Gasteiger partial charge in [-0.3, -0.25) is 9.59 Å². The molecule has 0 aliphatic carbocycles. The molecular weight excluding hydrogens is 366 g/mol. The minimum atomic E-state index is -0.280. The highest BCUT2D eigenvalue weighted by atomic mass is 16.5. The van der Waals surface area contributed by atoms with Gasteiger partial charge in [0.15, 0.2) is 0 Å². The Morgan fingerprint density at radius 2 is 1.45 bits per heavy atom. The van der Waals surface area contributed by atoms with Crippen LogP contribution < -0.4 is 9.64 Å². The van der Waals surface area contributed by atoms with Crippen molar-refractivity contribution in [3.63, 3.8) is 0 Å². The molecule has 0 N–H and O–H groups in total. The molecule has 0 bridgehead atoms. The number of hydrogen-bond acceptors (Lipinski definition) is 5. The van der Waals surface area contributed by atoms with Gasteiger partial charge in [-0.15, -0.1) is 0 Å². The Morgan fingerprint density at radius 1 is 0.828 bits per heavy atom. The molecule has 0 unspecified atom stereocenters. The van der Waals surface area contributed by atoms with Crippen molar-refractivity contribution in [1.82, 2.24) is 9.80 Å². The van der Waals surface area contributed by atoms with E-state index in [2.05, 4.69) is 16.8 Å². The summed E-state index contributed by atoms with van der Waals surface area (Å²) in [4.78, 5) is 32.5. The van der Waals surface area contributed by atoms with Crippen LogP contribution in [0.25, 0.3) is 5.57 Å². The van der Waals surface area contributed by atoms with Crippen LogP contribution in [0.5, 0.6) is 5.75 Å². The average molecular weight is 391 g/mol. The van der Waals surface area contributed by atoms with E-state index < -0.39 is 0 Å². The van der Waals surface area contributed by atoms with Crippen LogP contribution in [0.1, 0.15) is 11.1 Å². The van der Waals surface area contributed by atoms with Crippen LogP contribution in [0.15, 0.2) is 54.2 Å². The molecule has 2 aromatic carbocycles. The van der Waals surface area contributed by atoms with E-state index in [1.807, 2.05) is 31.2 Å². The van der Waals surface area contributed by atoms with Crippen molar-refractivity contribution in [1.29, 1.82) is 0 Å². The van der Waals surface area contributed by atoms with Gasteiger partial charge in [0.05, 0.1) is 18.4 Å². The number of imide groups is 1. The van der Waals surface area contributed by atoms with E-state index in [0.717, 1.165) is 37.3 Å². The minimum Gasteiger partial charge on any atom is -0.497 e. The van der Waals surface area contributed by atoms with Gasteiger partial charge in [-0.2, -0.15) is 0 Å². The first-order valence-electron chi connectivity index (χ1n) is 9.77. The molecule has 0 radical (unpaired) electrons. The van der Waals surface area contributed by atoms with Gasteiger partial charge >= 0.3 is 0 Å². The largest absolute Gasteiger partial charge is 0.497 e. The summed E-state index contributed by atoms with van der Waals surface area (Å²) in [5.74, 6) is 0.136. The van der Waals surface area contributed by atoms with E-state index in [-0.39, 0.29) is 11.8 Å². The fourth-order valence-corrected chi connectivity index (χ4v) is 3.79. The van der Waals surface area contributed by atoms with Crippen LogP contribution in [0.3, 0.4) is 0 Å². The van der Waals surface area contributed by atoms with E-state index in [1.54, 1.807) is 31.4 Å². The highest BCUT2D eigenvalue weighted by Gasteiger charge is 2.42. The number of aryl methyl sites for hydroxylation is 1. The first-order chi connectivity index (χ1) is 14.0. The lowest BCUT2D eigenvalue weighted by Crippen LogP contribution is -2.46. The maximum absolute atomic E-state index is 13.5. The monoisotopic (exact) mass is 391 g/mol. The Balaban J connectivity index is 1.77. The number of likely N-dealkylation sites (N-methyl/N-ethyl adjacent to an activating group) is 1. The fourth-order valence-electron chi connectivity index (χ4n) is 3.79. The van der Waals surface area contributed by atoms with Crippen molar-refractivity contribution >= 4 is 23.1 Å². The summed E-state index contributed by atoms with van der Waals surface area (Å²) in [7, 11) is 3.65. The molecule has 2 aliphatic rings. The SMILES string of the molecule is COc1ccc(N2C(=O)C(c3ccc(C)cc3)=C(N3CCN(C)CC3)C2=O)cc1. The van der Waals surface area contributed by atoms with Gasteiger partial charge in [0.25, 0.3) is 11.8 Å². The van der Waals surface area contributed by atoms with Gasteiger partial charge < -0.3 is 14.5 Å². The predicted molar refractivity (Wildman–Crippen MR) is 113 cm³/mol. The van der Waals surface area contributed by atoms with Gasteiger partial charge in [-0.1, -0.05) is 29.8 Å². The summed E-state index contributed by atoms with van der Waals surface area (Å²) in [6.07, 6.45) is 0. The number of rotatable bonds is 4. The molecule has 0 saturated carbocycles. The van der Waals surface area contributed by atoms with Crippen molar-refractivity contribution < 1.29 is 14.3 Å². The van der Waals surface area contributed by atoms with Crippen LogP contribution in [-0.2, 0) is 9.59 Å². The topological polar surface area (TPSA) is 53.1 Å². The number of carbonyl (C=O) groups excluding carboxylic acids is 2. The van der Waals surface area contributed by atoms with Gasteiger partial charge in [-0.05, 0) is 43.8 Å².